The molecule has 1 atom stereocenters. The summed E-state index contributed by atoms with van der Waals surface area (Å²) in [6.45, 7) is 3.85. The molecule has 3 aromatic rings. The van der Waals surface area contributed by atoms with Crippen LogP contribution >= 0.6 is 11.6 Å². The van der Waals surface area contributed by atoms with Crippen LogP contribution in [0.25, 0.3) is 0 Å². The second-order valence-corrected chi connectivity index (χ2v) is 11.9. The van der Waals surface area contributed by atoms with Gasteiger partial charge in [0.05, 0.1) is 29.8 Å². The summed E-state index contributed by atoms with van der Waals surface area (Å²) >= 11 is 6.37. The number of nitrogens with zero attached hydrogens (tertiary/aromatic N) is 2. The van der Waals surface area contributed by atoms with Gasteiger partial charge in [0.1, 0.15) is 24.1 Å². The predicted molar refractivity (Wildman–Crippen MR) is 165 cm³/mol. The van der Waals surface area contributed by atoms with Crippen LogP contribution < -0.4 is 19.1 Å². The van der Waals surface area contributed by atoms with Crippen molar-refractivity contribution in [1.82, 2.24) is 10.2 Å². The number of hydrogen-bond donors (Lipinski definition) is 1. The maximum absolute atomic E-state index is 14.1. The van der Waals surface area contributed by atoms with Crippen LogP contribution in [0.4, 0.5) is 5.69 Å². The highest BCUT2D eigenvalue weighted by Crippen LogP contribution is 2.32. The lowest BCUT2D eigenvalue weighted by Crippen LogP contribution is -2.52. The number of carbonyl (C=O) groups is 2. The van der Waals surface area contributed by atoms with Gasteiger partial charge in [0, 0.05) is 13.1 Å². The fourth-order valence-corrected chi connectivity index (χ4v) is 6.09. The molecule has 11 heteroatoms. The lowest BCUT2D eigenvalue weighted by Gasteiger charge is -2.33. The summed E-state index contributed by atoms with van der Waals surface area (Å²) in [5, 5.41) is 3.11. The van der Waals surface area contributed by atoms with Gasteiger partial charge < -0.3 is 19.7 Å². The number of ether oxygens (including phenoxy) is 2. The van der Waals surface area contributed by atoms with Crippen molar-refractivity contribution in [2.45, 2.75) is 50.6 Å². The number of sulfonamides is 1. The third-order valence-corrected chi connectivity index (χ3v) is 8.84. The number of nitrogens with one attached hydrogen (secondary N) is 1. The smallest absolute Gasteiger partial charge is 0.264 e. The summed E-state index contributed by atoms with van der Waals surface area (Å²) in [5.74, 6) is 0.171. The van der Waals surface area contributed by atoms with Crippen LogP contribution in [0.5, 0.6) is 11.5 Å². The number of halogens is 1. The molecular weight excluding hydrogens is 578 g/mol. The molecule has 3 rings (SSSR count). The number of carbonyl (C=O) groups excluding carboxylic acids is 2. The van der Waals surface area contributed by atoms with Gasteiger partial charge >= 0.3 is 0 Å². The molecule has 42 heavy (non-hydrogen) atoms. The Labute approximate surface area is 253 Å². The zero-order valence-corrected chi connectivity index (χ0v) is 26.0. The van der Waals surface area contributed by atoms with E-state index in [-0.39, 0.29) is 28.1 Å². The Balaban J connectivity index is 2.05. The van der Waals surface area contributed by atoms with Crippen LogP contribution in [0, 0.1) is 0 Å². The third-order valence-electron chi connectivity index (χ3n) is 6.76. The molecular formula is C31H38ClN3O6S. The van der Waals surface area contributed by atoms with Crippen LogP contribution in [0.2, 0.25) is 5.02 Å². The molecule has 0 saturated heterocycles. The summed E-state index contributed by atoms with van der Waals surface area (Å²) in [5.41, 5.74) is 0.941. The number of unbranched alkanes of at least 4 members (excludes halogenated alkanes) is 1. The predicted octanol–water partition coefficient (Wildman–Crippen LogP) is 5.28. The van der Waals surface area contributed by atoms with E-state index in [0.717, 1.165) is 22.7 Å². The van der Waals surface area contributed by atoms with E-state index in [2.05, 4.69) is 5.32 Å². The normalized spacial score (nSPS) is 11.8. The molecule has 0 saturated carbocycles. The summed E-state index contributed by atoms with van der Waals surface area (Å²) in [6.07, 6.45) is 2.04. The van der Waals surface area contributed by atoms with E-state index in [1.54, 1.807) is 43.5 Å². The monoisotopic (exact) mass is 615 g/mol. The van der Waals surface area contributed by atoms with Gasteiger partial charge in [0.2, 0.25) is 11.8 Å². The van der Waals surface area contributed by atoms with Crippen molar-refractivity contribution in [3.63, 3.8) is 0 Å². The maximum atomic E-state index is 14.1. The molecule has 0 aliphatic carbocycles. The van der Waals surface area contributed by atoms with E-state index >= 15 is 0 Å². The van der Waals surface area contributed by atoms with Gasteiger partial charge in [0.25, 0.3) is 10.0 Å². The van der Waals surface area contributed by atoms with Gasteiger partial charge in [-0.05, 0) is 60.9 Å². The first-order chi connectivity index (χ1) is 20.2. The number of anilines is 1. The topological polar surface area (TPSA) is 105 Å². The number of amides is 2. The van der Waals surface area contributed by atoms with E-state index in [1.165, 1.54) is 36.3 Å². The standard InChI is InChI=1S/C31H38ClN3O6S/c1-5-7-19-33-31(37)28(6-2)34(21-23-13-16-25(40-3)17-14-23)30(36)22-35(24-15-18-29(41-4)27(32)20-24)42(38,39)26-11-9-8-10-12-26/h8-18,20,28H,5-7,19,21-22H2,1-4H3,(H,33,37)/t28-/m1/s1. The Morgan fingerprint density at radius 2 is 1.64 bits per heavy atom. The minimum atomic E-state index is -4.20. The Morgan fingerprint density at radius 3 is 2.21 bits per heavy atom. The zero-order chi connectivity index (χ0) is 30.7. The van der Waals surface area contributed by atoms with Crippen molar-refractivity contribution in [2.75, 3.05) is 31.6 Å². The SMILES string of the molecule is CCCCNC(=O)[C@@H](CC)N(Cc1ccc(OC)cc1)C(=O)CN(c1ccc(OC)c(Cl)c1)S(=O)(=O)c1ccccc1. The van der Waals surface area contributed by atoms with Gasteiger partial charge in [-0.3, -0.25) is 13.9 Å². The molecule has 0 heterocycles. The van der Waals surface area contributed by atoms with Crippen molar-refractivity contribution < 1.29 is 27.5 Å². The highest BCUT2D eigenvalue weighted by atomic mass is 35.5. The largest absolute Gasteiger partial charge is 0.497 e. The van der Waals surface area contributed by atoms with E-state index < -0.39 is 28.5 Å². The zero-order valence-electron chi connectivity index (χ0n) is 24.4. The highest BCUT2D eigenvalue weighted by Gasteiger charge is 2.33. The quantitative estimate of drug-likeness (QED) is 0.233. The number of rotatable bonds is 15. The van der Waals surface area contributed by atoms with Gasteiger partial charge in [-0.1, -0.05) is 62.2 Å². The van der Waals surface area contributed by atoms with Crippen LogP contribution in [-0.4, -0.2) is 58.5 Å². The number of methoxy groups -OCH3 is 2. The summed E-state index contributed by atoms with van der Waals surface area (Å²) < 4.78 is 39.3. The molecule has 3 aromatic carbocycles. The van der Waals surface area contributed by atoms with E-state index in [1.807, 2.05) is 26.0 Å². The Hall–Kier alpha value is -3.76. The minimum absolute atomic E-state index is 0.01000. The Kier molecular flexibility index (Phi) is 12.1. The Morgan fingerprint density at radius 1 is 0.952 bits per heavy atom. The van der Waals surface area contributed by atoms with E-state index in [9.17, 15) is 18.0 Å². The molecule has 2 amide bonds. The fraction of sp³-hybridized carbons (Fsp3) is 0.355. The average molecular weight is 616 g/mol. The van der Waals surface area contributed by atoms with Crippen LogP contribution in [0.15, 0.2) is 77.7 Å². The van der Waals surface area contributed by atoms with Crippen molar-refractivity contribution in [3.05, 3.63) is 83.4 Å². The molecule has 0 unspecified atom stereocenters. The van der Waals surface area contributed by atoms with E-state index in [0.29, 0.717) is 24.5 Å². The van der Waals surface area contributed by atoms with Crippen LogP contribution in [-0.2, 0) is 26.2 Å². The molecule has 9 nitrogen and oxygen atoms in total. The first-order valence-electron chi connectivity index (χ1n) is 13.8. The molecule has 0 aromatic heterocycles. The van der Waals surface area contributed by atoms with Crippen molar-refractivity contribution in [2.24, 2.45) is 0 Å². The lowest BCUT2D eigenvalue weighted by atomic mass is 10.1. The van der Waals surface area contributed by atoms with Gasteiger partial charge in [-0.25, -0.2) is 8.42 Å². The summed E-state index contributed by atoms with van der Waals surface area (Å²) in [7, 11) is -1.19. The van der Waals surface area contributed by atoms with Gasteiger partial charge in [0.15, 0.2) is 0 Å². The molecule has 1 N–H and O–H groups in total. The molecule has 0 spiro atoms. The van der Waals surface area contributed by atoms with Crippen molar-refractivity contribution >= 4 is 39.1 Å². The van der Waals surface area contributed by atoms with Crippen LogP contribution in [0.1, 0.15) is 38.7 Å². The van der Waals surface area contributed by atoms with Crippen molar-refractivity contribution in [1.29, 1.82) is 0 Å². The Bertz CT molecular complexity index is 1430. The molecule has 0 aliphatic heterocycles. The lowest BCUT2D eigenvalue weighted by molar-refractivity contribution is -0.140. The molecule has 0 aliphatic rings. The second kappa shape index (κ2) is 15.5. The second-order valence-electron chi connectivity index (χ2n) is 9.58. The number of benzene rings is 3. The summed E-state index contributed by atoms with van der Waals surface area (Å²) in [6, 6.07) is 18.7. The third kappa shape index (κ3) is 8.17. The fourth-order valence-electron chi connectivity index (χ4n) is 4.41. The first kappa shape index (κ1) is 32.8. The molecule has 0 radical (unpaired) electrons. The van der Waals surface area contributed by atoms with Crippen LogP contribution in [0.3, 0.4) is 0 Å². The minimum Gasteiger partial charge on any atom is -0.497 e. The van der Waals surface area contributed by atoms with Crippen molar-refractivity contribution in [3.8, 4) is 11.5 Å². The average Bonchev–Trinajstić information content (AvgIpc) is 3.00. The summed E-state index contributed by atoms with van der Waals surface area (Å²) in [4.78, 5) is 28.9. The molecule has 0 bridgehead atoms. The molecule has 226 valence electrons. The highest BCUT2D eigenvalue weighted by molar-refractivity contribution is 7.92. The molecule has 0 fully saturated rings. The van der Waals surface area contributed by atoms with E-state index in [4.69, 9.17) is 21.1 Å². The van der Waals surface area contributed by atoms with Gasteiger partial charge in [-0.15, -0.1) is 0 Å². The first-order valence-corrected chi connectivity index (χ1v) is 15.6. The maximum Gasteiger partial charge on any atom is 0.264 e. The number of hydrogen-bond acceptors (Lipinski definition) is 6. The van der Waals surface area contributed by atoms with Gasteiger partial charge in [-0.2, -0.15) is 0 Å².